The van der Waals surface area contributed by atoms with Crippen LogP contribution in [0.5, 0.6) is 0 Å². The average Bonchev–Trinajstić information content (AvgIpc) is 3.01. The second-order valence-electron chi connectivity index (χ2n) is 6.85. The van der Waals surface area contributed by atoms with Gasteiger partial charge in [0.25, 0.3) is 0 Å². The molecule has 2 heterocycles. The lowest BCUT2D eigenvalue weighted by atomic mass is 9.79. The highest BCUT2D eigenvalue weighted by atomic mass is 19.1. The number of hydrogen-bond acceptors (Lipinski definition) is 4. The van der Waals surface area contributed by atoms with E-state index in [-0.39, 0.29) is 0 Å². The molecule has 1 saturated heterocycles. The smallest absolute Gasteiger partial charge is 0.399 e. The molecule has 0 amide bonds. The Kier molecular flexibility index (Phi) is 2.81. The minimum Gasteiger partial charge on any atom is -0.399 e. The van der Waals surface area contributed by atoms with E-state index in [0.717, 1.165) is 12.8 Å². The van der Waals surface area contributed by atoms with E-state index in [0.29, 0.717) is 11.2 Å². The topological polar surface area (TPSA) is 57.4 Å². The van der Waals surface area contributed by atoms with Crippen LogP contribution < -0.4 is 11.2 Å². The van der Waals surface area contributed by atoms with Crippen LogP contribution in [0.3, 0.4) is 0 Å². The number of aromatic nitrogens is 1. The standard InChI is InChI=1S/C14H20BFN2O2/c1-12(2)13(3,4)20-15(19-12)9-7-10(14(17)5-6-14)18-11(16)8-9/h7-8H,5-6,17H2,1-4H3. The molecule has 4 nitrogen and oxygen atoms in total. The van der Waals surface area contributed by atoms with Crippen LogP contribution >= 0.6 is 0 Å². The van der Waals surface area contributed by atoms with Gasteiger partial charge in [0.2, 0.25) is 5.95 Å². The molecule has 0 spiro atoms. The summed E-state index contributed by atoms with van der Waals surface area (Å²) < 4.78 is 25.6. The third-order valence-corrected chi connectivity index (χ3v) is 4.64. The number of hydrogen-bond donors (Lipinski definition) is 1. The quantitative estimate of drug-likeness (QED) is 0.657. The molecule has 1 saturated carbocycles. The number of halogens is 1. The molecule has 20 heavy (non-hydrogen) atoms. The van der Waals surface area contributed by atoms with E-state index in [1.807, 2.05) is 27.7 Å². The van der Waals surface area contributed by atoms with E-state index in [1.165, 1.54) is 6.07 Å². The molecule has 1 aliphatic carbocycles. The first kappa shape index (κ1) is 14.0. The summed E-state index contributed by atoms with van der Waals surface area (Å²) in [6.07, 6.45) is 1.68. The molecule has 108 valence electrons. The van der Waals surface area contributed by atoms with Crippen molar-refractivity contribution < 1.29 is 13.7 Å². The molecule has 0 aromatic carbocycles. The summed E-state index contributed by atoms with van der Waals surface area (Å²) >= 11 is 0. The fraction of sp³-hybridized carbons (Fsp3) is 0.643. The first-order chi connectivity index (χ1) is 9.13. The lowest BCUT2D eigenvalue weighted by Crippen LogP contribution is -2.41. The van der Waals surface area contributed by atoms with Gasteiger partial charge in [-0.1, -0.05) is 0 Å². The molecule has 2 N–H and O–H groups in total. The fourth-order valence-electron chi connectivity index (χ4n) is 2.28. The van der Waals surface area contributed by atoms with E-state index in [1.54, 1.807) is 6.07 Å². The molecular formula is C14H20BFN2O2. The van der Waals surface area contributed by atoms with Crippen LogP contribution in [-0.4, -0.2) is 23.3 Å². The van der Waals surface area contributed by atoms with Gasteiger partial charge >= 0.3 is 7.12 Å². The Hall–Kier alpha value is -0.975. The molecule has 0 bridgehead atoms. The van der Waals surface area contributed by atoms with Gasteiger partial charge in [0.1, 0.15) is 0 Å². The van der Waals surface area contributed by atoms with E-state index in [2.05, 4.69) is 4.98 Å². The van der Waals surface area contributed by atoms with Crippen molar-refractivity contribution >= 4 is 12.6 Å². The van der Waals surface area contributed by atoms with Gasteiger partial charge in [-0.05, 0) is 58.1 Å². The normalized spacial score (nSPS) is 25.8. The van der Waals surface area contributed by atoms with Crippen LogP contribution in [0.25, 0.3) is 0 Å². The van der Waals surface area contributed by atoms with Crippen LogP contribution in [0.4, 0.5) is 4.39 Å². The second kappa shape index (κ2) is 4.03. The van der Waals surface area contributed by atoms with E-state index >= 15 is 0 Å². The van der Waals surface area contributed by atoms with Crippen LogP contribution in [-0.2, 0) is 14.8 Å². The zero-order valence-corrected chi connectivity index (χ0v) is 12.4. The largest absolute Gasteiger partial charge is 0.495 e. The summed E-state index contributed by atoms with van der Waals surface area (Å²) in [7, 11) is -0.585. The van der Waals surface area contributed by atoms with Gasteiger partial charge in [0, 0.05) is 0 Å². The fourth-order valence-corrected chi connectivity index (χ4v) is 2.28. The molecule has 0 unspecified atom stereocenters. The van der Waals surface area contributed by atoms with Gasteiger partial charge < -0.3 is 15.0 Å². The molecule has 2 fully saturated rings. The van der Waals surface area contributed by atoms with Crippen molar-refractivity contribution in [3.63, 3.8) is 0 Å². The Bertz CT molecular complexity index is 542. The molecule has 1 aromatic heterocycles. The van der Waals surface area contributed by atoms with Crippen molar-refractivity contribution in [1.82, 2.24) is 4.98 Å². The lowest BCUT2D eigenvalue weighted by molar-refractivity contribution is 0.00578. The minimum atomic E-state index is -0.585. The van der Waals surface area contributed by atoms with Crippen LogP contribution in [0.2, 0.25) is 0 Å². The van der Waals surface area contributed by atoms with Crippen molar-refractivity contribution in [2.75, 3.05) is 0 Å². The molecule has 0 radical (unpaired) electrons. The minimum absolute atomic E-state index is 0.447. The molecule has 1 aromatic rings. The Morgan fingerprint density at radius 1 is 1.15 bits per heavy atom. The van der Waals surface area contributed by atoms with Crippen molar-refractivity contribution in [1.29, 1.82) is 0 Å². The highest BCUT2D eigenvalue weighted by molar-refractivity contribution is 6.62. The van der Waals surface area contributed by atoms with Gasteiger partial charge in [-0.3, -0.25) is 0 Å². The highest BCUT2D eigenvalue weighted by Crippen LogP contribution is 2.42. The number of nitrogens with two attached hydrogens (primary N) is 1. The van der Waals surface area contributed by atoms with E-state index in [4.69, 9.17) is 15.0 Å². The van der Waals surface area contributed by atoms with Gasteiger partial charge in [0.15, 0.2) is 0 Å². The number of rotatable bonds is 2. The zero-order chi connectivity index (χ0) is 14.8. The Morgan fingerprint density at radius 3 is 2.20 bits per heavy atom. The zero-order valence-electron chi connectivity index (χ0n) is 12.4. The summed E-state index contributed by atoms with van der Waals surface area (Å²) in [5.41, 5.74) is 5.96. The Balaban J connectivity index is 1.94. The summed E-state index contributed by atoms with van der Waals surface area (Å²) in [5.74, 6) is -0.538. The number of pyridine rings is 1. The Morgan fingerprint density at radius 2 is 1.70 bits per heavy atom. The van der Waals surface area contributed by atoms with Crippen molar-refractivity contribution in [3.8, 4) is 0 Å². The van der Waals surface area contributed by atoms with Crippen LogP contribution in [0.15, 0.2) is 12.1 Å². The maximum atomic E-state index is 13.7. The molecule has 3 rings (SSSR count). The first-order valence-corrected chi connectivity index (χ1v) is 6.96. The Labute approximate surface area is 119 Å². The molecule has 1 aliphatic heterocycles. The van der Waals surface area contributed by atoms with Gasteiger partial charge in [-0.2, -0.15) is 4.39 Å². The summed E-state index contributed by atoms with van der Waals surface area (Å²) in [6.45, 7) is 7.88. The van der Waals surface area contributed by atoms with Gasteiger partial charge in [-0.25, -0.2) is 4.98 Å². The molecular weight excluding hydrogens is 258 g/mol. The van der Waals surface area contributed by atoms with E-state index in [9.17, 15) is 4.39 Å². The third-order valence-electron chi connectivity index (χ3n) is 4.64. The molecule has 2 aliphatic rings. The van der Waals surface area contributed by atoms with Crippen LogP contribution in [0, 0.1) is 5.95 Å². The maximum absolute atomic E-state index is 13.7. The third kappa shape index (κ3) is 2.16. The summed E-state index contributed by atoms with van der Waals surface area (Å²) in [5, 5.41) is 0. The summed E-state index contributed by atoms with van der Waals surface area (Å²) in [6, 6.07) is 3.16. The van der Waals surface area contributed by atoms with Crippen molar-refractivity contribution in [2.24, 2.45) is 5.73 Å². The van der Waals surface area contributed by atoms with Crippen molar-refractivity contribution in [3.05, 3.63) is 23.8 Å². The maximum Gasteiger partial charge on any atom is 0.495 e. The SMILES string of the molecule is CC1(C)OB(c2cc(F)nc(C3(N)CC3)c2)OC1(C)C. The van der Waals surface area contributed by atoms with Gasteiger partial charge in [0.05, 0.1) is 22.4 Å². The predicted octanol–water partition coefficient (Wildman–Crippen LogP) is 1.47. The lowest BCUT2D eigenvalue weighted by Gasteiger charge is -2.32. The average molecular weight is 278 g/mol. The monoisotopic (exact) mass is 278 g/mol. The first-order valence-electron chi connectivity index (χ1n) is 6.96. The number of nitrogens with zero attached hydrogens (tertiary/aromatic N) is 1. The van der Waals surface area contributed by atoms with E-state index < -0.39 is 29.8 Å². The predicted molar refractivity (Wildman–Crippen MR) is 75.0 cm³/mol. The van der Waals surface area contributed by atoms with Gasteiger partial charge in [-0.15, -0.1) is 0 Å². The highest BCUT2D eigenvalue weighted by Gasteiger charge is 2.52. The summed E-state index contributed by atoms with van der Waals surface area (Å²) in [4.78, 5) is 3.91. The molecule has 0 atom stereocenters. The van der Waals surface area contributed by atoms with Crippen molar-refractivity contribution in [2.45, 2.75) is 57.3 Å². The molecule has 6 heteroatoms. The second-order valence-corrected chi connectivity index (χ2v) is 6.85. The van der Waals surface area contributed by atoms with Crippen LogP contribution in [0.1, 0.15) is 46.2 Å².